The maximum Gasteiger partial charge on any atom is 0.510 e. The average Bonchev–Trinajstić information content (AvgIpc) is 2.64. The third-order valence-corrected chi connectivity index (χ3v) is 1.95. The molecule has 0 N–H and O–H groups in total. The Balaban J connectivity index is 2.34. The predicted molar refractivity (Wildman–Crippen MR) is 50.7 cm³/mol. The van der Waals surface area contributed by atoms with Crippen molar-refractivity contribution in [3.8, 4) is 0 Å². The summed E-state index contributed by atoms with van der Waals surface area (Å²) in [5, 5.41) is 8.84. The van der Waals surface area contributed by atoms with Crippen molar-refractivity contribution < 1.29 is 38.5 Å². The largest absolute Gasteiger partial charge is 0.510 e. The van der Waals surface area contributed by atoms with Gasteiger partial charge in [0, 0.05) is 0 Å². The summed E-state index contributed by atoms with van der Waals surface area (Å²) in [6.07, 6.45) is -4.12. The lowest BCUT2D eigenvalue weighted by atomic mass is 10.2. The zero-order chi connectivity index (χ0) is 13.5. The lowest BCUT2D eigenvalue weighted by molar-refractivity contribution is -0.777. The topological polar surface area (TPSA) is 123 Å². The summed E-state index contributed by atoms with van der Waals surface area (Å²) in [7, 11) is 0. The van der Waals surface area contributed by atoms with Crippen molar-refractivity contribution in [2.45, 2.75) is 25.4 Å². The molecule has 0 radical (unpaired) electrons. The minimum atomic E-state index is -1.40. The highest BCUT2D eigenvalue weighted by molar-refractivity contribution is 5.60. The number of carbonyl (C=O) groups excluding carboxylic acids is 2. The minimum Gasteiger partial charge on any atom is -0.458 e. The second kappa shape index (κ2) is 6.59. The normalized spacial score (nSPS) is 23.8. The van der Waals surface area contributed by atoms with E-state index >= 15 is 0 Å². The third-order valence-electron chi connectivity index (χ3n) is 1.95. The van der Waals surface area contributed by atoms with Gasteiger partial charge in [-0.2, -0.15) is 0 Å². The van der Waals surface area contributed by atoms with Crippen molar-refractivity contribution in [2.75, 3.05) is 13.2 Å². The Bertz CT molecular complexity index is 320. The smallest absolute Gasteiger partial charge is 0.458 e. The molecule has 3 unspecified atom stereocenters. The number of hydrogen-bond acceptors (Lipinski definition) is 9. The molecular formula is C8H11NO9. The van der Waals surface area contributed by atoms with E-state index < -0.39 is 29.7 Å². The molecule has 18 heavy (non-hydrogen) atoms. The van der Waals surface area contributed by atoms with Crippen LogP contribution in [0.4, 0.5) is 4.79 Å². The van der Waals surface area contributed by atoms with Gasteiger partial charge in [0.25, 0.3) is 11.6 Å². The molecule has 10 nitrogen and oxygen atoms in total. The van der Waals surface area contributed by atoms with E-state index in [2.05, 4.69) is 14.3 Å². The van der Waals surface area contributed by atoms with Crippen LogP contribution in [0.1, 0.15) is 6.92 Å². The van der Waals surface area contributed by atoms with Gasteiger partial charge in [0.1, 0.15) is 0 Å². The summed E-state index contributed by atoms with van der Waals surface area (Å²) >= 11 is 0. The fraction of sp³-hybridized carbons (Fsp3) is 0.750. The molecule has 1 aliphatic rings. The van der Waals surface area contributed by atoms with Gasteiger partial charge in [0.2, 0.25) is 6.29 Å². The Hall–Kier alpha value is -2.10. The van der Waals surface area contributed by atoms with E-state index in [1.165, 1.54) is 0 Å². The zero-order valence-corrected chi connectivity index (χ0v) is 9.35. The fourth-order valence-corrected chi connectivity index (χ4v) is 1.25. The van der Waals surface area contributed by atoms with Crippen molar-refractivity contribution >= 4 is 12.6 Å². The molecule has 0 amide bonds. The van der Waals surface area contributed by atoms with Gasteiger partial charge in [-0.05, 0) is 6.92 Å². The summed E-state index contributed by atoms with van der Waals surface area (Å²) in [6.45, 7) is 1.49. The SMILES string of the molecule is CC(OC(=O)OC1COCC1OC=O)O[N+](=O)[O-]. The summed E-state index contributed by atoms with van der Waals surface area (Å²) in [5.74, 6) is 0. The summed E-state index contributed by atoms with van der Waals surface area (Å²) in [6, 6.07) is 0. The maximum atomic E-state index is 11.2. The monoisotopic (exact) mass is 265 g/mol. The molecule has 102 valence electrons. The highest BCUT2D eigenvalue weighted by atomic mass is 17.0. The Morgan fingerprint density at radius 2 is 2.17 bits per heavy atom. The quantitative estimate of drug-likeness (QED) is 0.208. The van der Waals surface area contributed by atoms with E-state index in [4.69, 9.17) is 9.47 Å². The standard InChI is InChI=1S/C8H11NO9/c1-5(18-9(12)13)16-8(11)17-7-3-14-2-6(7)15-4-10/h4-7H,2-3H2,1H3. The van der Waals surface area contributed by atoms with Crippen LogP contribution in [0.3, 0.4) is 0 Å². The molecule has 1 rings (SSSR count). The Morgan fingerprint density at radius 1 is 1.50 bits per heavy atom. The summed E-state index contributed by atoms with van der Waals surface area (Å²) in [5.41, 5.74) is 0. The van der Waals surface area contributed by atoms with Crippen LogP contribution in [-0.4, -0.2) is 49.4 Å². The van der Waals surface area contributed by atoms with E-state index in [9.17, 15) is 19.7 Å². The number of ether oxygens (including phenoxy) is 4. The van der Waals surface area contributed by atoms with Gasteiger partial charge in [0.15, 0.2) is 12.2 Å². The fourth-order valence-electron chi connectivity index (χ4n) is 1.25. The molecular weight excluding hydrogens is 254 g/mol. The molecule has 1 fully saturated rings. The molecule has 0 spiro atoms. The van der Waals surface area contributed by atoms with Crippen LogP contribution in [0.15, 0.2) is 0 Å². The Labute approximate surface area is 101 Å². The van der Waals surface area contributed by atoms with Crippen LogP contribution in [0, 0.1) is 10.1 Å². The third kappa shape index (κ3) is 4.41. The van der Waals surface area contributed by atoms with Gasteiger partial charge in [-0.15, -0.1) is 10.1 Å². The van der Waals surface area contributed by atoms with E-state index in [1.54, 1.807) is 0 Å². The first-order valence-corrected chi connectivity index (χ1v) is 4.88. The molecule has 0 aliphatic carbocycles. The van der Waals surface area contributed by atoms with Crippen molar-refractivity contribution in [2.24, 2.45) is 0 Å². The van der Waals surface area contributed by atoms with E-state index in [1.807, 2.05) is 0 Å². The van der Waals surface area contributed by atoms with Gasteiger partial charge >= 0.3 is 6.16 Å². The van der Waals surface area contributed by atoms with E-state index in [0.29, 0.717) is 0 Å². The Kier molecular flexibility index (Phi) is 5.11. The van der Waals surface area contributed by atoms with Crippen LogP contribution < -0.4 is 0 Å². The van der Waals surface area contributed by atoms with Gasteiger partial charge in [0.05, 0.1) is 13.2 Å². The first-order chi connectivity index (χ1) is 8.52. The van der Waals surface area contributed by atoms with Gasteiger partial charge in [-0.3, -0.25) is 9.63 Å². The van der Waals surface area contributed by atoms with Crippen molar-refractivity contribution in [3.63, 3.8) is 0 Å². The van der Waals surface area contributed by atoms with E-state index in [0.717, 1.165) is 6.92 Å². The summed E-state index contributed by atoms with van der Waals surface area (Å²) in [4.78, 5) is 35.2. The average molecular weight is 265 g/mol. The molecule has 1 heterocycles. The highest BCUT2D eigenvalue weighted by Gasteiger charge is 2.34. The van der Waals surface area contributed by atoms with Crippen LogP contribution in [0.5, 0.6) is 0 Å². The number of nitrogens with zero attached hydrogens (tertiary/aromatic N) is 1. The molecule has 0 aromatic carbocycles. The zero-order valence-electron chi connectivity index (χ0n) is 9.35. The van der Waals surface area contributed by atoms with Crippen molar-refractivity contribution in [1.29, 1.82) is 0 Å². The Morgan fingerprint density at radius 3 is 2.78 bits per heavy atom. The van der Waals surface area contributed by atoms with Crippen molar-refractivity contribution in [3.05, 3.63) is 10.1 Å². The van der Waals surface area contributed by atoms with Gasteiger partial charge in [-0.1, -0.05) is 0 Å². The molecule has 0 bridgehead atoms. The van der Waals surface area contributed by atoms with Crippen LogP contribution in [0.2, 0.25) is 0 Å². The first-order valence-electron chi connectivity index (χ1n) is 4.88. The van der Waals surface area contributed by atoms with Gasteiger partial charge in [-0.25, -0.2) is 4.79 Å². The number of rotatable bonds is 6. The molecule has 10 heteroatoms. The van der Waals surface area contributed by atoms with E-state index in [-0.39, 0.29) is 19.7 Å². The number of hydrogen-bond donors (Lipinski definition) is 0. The molecule has 1 aliphatic heterocycles. The van der Waals surface area contributed by atoms with Gasteiger partial charge < -0.3 is 18.9 Å². The van der Waals surface area contributed by atoms with Crippen molar-refractivity contribution in [1.82, 2.24) is 0 Å². The highest BCUT2D eigenvalue weighted by Crippen LogP contribution is 2.14. The predicted octanol–water partition coefficient (Wildman–Crippen LogP) is -0.366. The molecule has 1 saturated heterocycles. The lowest BCUT2D eigenvalue weighted by Crippen LogP contribution is -2.33. The second-order valence-electron chi connectivity index (χ2n) is 3.23. The molecule has 0 aromatic heterocycles. The van der Waals surface area contributed by atoms with Crippen LogP contribution >= 0.6 is 0 Å². The number of carbonyl (C=O) groups is 2. The van der Waals surface area contributed by atoms with Crippen LogP contribution in [-0.2, 0) is 28.6 Å². The summed E-state index contributed by atoms with van der Waals surface area (Å²) < 4.78 is 18.7. The van der Waals surface area contributed by atoms with Crippen LogP contribution in [0.25, 0.3) is 0 Å². The minimum absolute atomic E-state index is 0.0398. The molecule has 0 aromatic rings. The molecule has 3 atom stereocenters. The lowest BCUT2D eigenvalue weighted by Gasteiger charge is -2.17. The second-order valence-corrected chi connectivity index (χ2v) is 3.23. The first kappa shape index (κ1) is 14.0. The maximum absolute atomic E-state index is 11.2. The molecule has 0 saturated carbocycles.